The van der Waals surface area contributed by atoms with E-state index in [0.29, 0.717) is 6.07 Å². The lowest BCUT2D eigenvalue weighted by Crippen LogP contribution is -2.06. The van der Waals surface area contributed by atoms with Crippen LogP contribution in [0.25, 0.3) is 0 Å². The van der Waals surface area contributed by atoms with Gasteiger partial charge in [-0.05, 0) is 28.1 Å². The topological polar surface area (TPSA) is 44.0 Å². The summed E-state index contributed by atoms with van der Waals surface area (Å²) in [6, 6.07) is 3.28. The van der Waals surface area contributed by atoms with E-state index in [4.69, 9.17) is 10.4 Å². The number of rotatable bonds is 0. The molecule has 0 aliphatic carbocycles. The summed E-state index contributed by atoms with van der Waals surface area (Å²) in [6.07, 6.45) is -4.67. The quantitative estimate of drug-likeness (QED) is 0.784. The fourth-order valence-corrected chi connectivity index (χ4v) is 1.34. The molecule has 1 aromatic carbocycles. The molecule has 0 aliphatic rings. The molecule has 2 nitrogen and oxygen atoms in total. The molecule has 0 atom stereocenters. The molecule has 0 saturated carbocycles. The van der Waals surface area contributed by atoms with Gasteiger partial charge in [-0.1, -0.05) is 0 Å². The van der Waals surface area contributed by atoms with E-state index in [1.54, 1.807) is 6.07 Å². The van der Waals surface area contributed by atoms with Crippen molar-refractivity contribution in [2.24, 2.45) is 0 Å². The summed E-state index contributed by atoms with van der Waals surface area (Å²) in [5.74, 6) is -0.906. The number of nitriles is 1. The molecule has 1 rings (SSSR count). The molecule has 14 heavy (non-hydrogen) atoms. The Morgan fingerprint density at radius 2 is 1.93 bits per heavy atom. The first-order valence-corrected chi connectivity index (χ1v) is 4.15. The van der Waals surface area contributed by atoms with Crippen LogP contribution >= 0.6 is 15.9 Å². The lowest BCUT2D eigenvalue weighted by atomic mass is 10.1. The van der Waals surface area contributed by atoms with Crippen molar-refractivity contribution in [3.05, 3.63) is 27.7 Å². The number of phenols is 1. The number of hydrogen-bond acceptors (Lipinski definition) is 2. The predicted molar refractivity (Wildman–Crippen MR) is 45.5 cm³/mol. The molecule has 0 aromatic heterocycles. The number of benzene rings is 1. The minimum atomic E-state index is -4.67. The van der Waals surface area contributed by atoms with Crippen molar-refractivity contribution in [2.45, 2.75) is 6.18 Å². The lowest BCUT2D eigenvalue weighted by molar-refractivity contribution is -0.138. The van der Waals surface area contributed by atoms with Gasteiger partial charge in [0.25, 0.3) is 0 Å². The van der Waals surface area contributed by atoms with Crippen LogP contribution in [-0.2, 0) is 6.18 Å². The summed E-state index contributed by atoms with van der Waals surface area (Å²) in [5, 5.41) is 17.5. The number of phenolic OH excluding ortho intramolecular Hbond substituents is 1. The second kappa shape index (κ2) is 3.50. The molecule has 74 valence electrons. The zero-order valence-corrected chi connectivity index (χ0v) is 8.15. The van der Waals surface area contributed by atoms with Crippen molar-refractivity contribution in [1.82, 2.24) is 0 Å². The van der Waals surface area contributed by atoms with Gasteiger partial charge in [0.2, 0.25) is 0 Å². The third kappa shape index (κ3) is 1.99. The van der Waals surface area contributed by atoms with Crippen LogP contribution in [0.3, 0.4) is 0 Å². The Hall–Kier alpha value is -1.22. The van der Waals surface area contributed by atoms with Crippen molar-refractivity contribution in [1.29, 1.82) is 5.26 Å². The molecule has 0 fully saturated rings. The first kappa shape index (κ1) is 10.9. The molecule has 1 aromatic rings. The van der Waals surface area contributed by atoms with E-state index in [0.717, 1.165) is 6.07 Å². The summed E-state index contributed by atoms with van der Waals surface area (Å²) < 4.78 is 36.6. The van der Waals surface area contributed by atoms with Gasteiger partial charge < -0.3 is 5.11 Å². The Morgan fingerprint density at radius 3 is 2.36 bits per heavy atom. The minimum Gasteiger partial charge on any atom is -0.506 e. The molecule has 0 aliphatic heterocycles. The van der Waals surface area contributed by atoms with Crippen LogP contribution in [-0.4, -0.2) is 5.11 Å². The molecule has 0 radical (unpaired) electrons. The van der Waals surface area contributed by atoms with Crippen molar-refractivity contribution < 1.29 is 18.3 Å². The second-order valence-electron chi connectivity index (χ2n) is 2.46. The van der Waals surface area contributed by atoms with E-state index in [9.17, 15) is 13.2 Å². The largest absolute Gasteiger partial charge is 0.506 e. The summed E-state index contributed by atoms with van der Waals surface area (Å²) in [6.45, 7) is 0. The molecule has 1 N–H and O–H groups in total. The van der Waals surface area contributed by atoms with E-state index < -0.39 is 17.5 Å². The highest BCUT2D eigenvalue weighted by Crippen LogP contribution is 2.40. The van der Waals surface area contributed by atoms with Crippen LogP contribution in [0.1, 0.15) is 11.1 Å². The molecule has 0 amide bonds. The summed E-state index contributed by atoms with van der Waals surface area (Å²) in [7, 11) is 0. The van der Waals surface area contributed by atoms with Gasteiger partial charge in [-0.25, -0.2) is 0 Å². The van der Waals surface area contributed by atoms with Crippen LogP contribution in [0, 0.1) is 11.3 Å². The molecule has 0 unspecified atom stereocenters. The maximum Gasteiger partial charge on any atom is 0.420 e. The first-order valence-electron chi connectivity index (χ1n) is 3.36. The molecule has 0 heterocycles. The second-order valence-corrected chi connectivity index (χ2v) is 3.32. The lowest BCUT2D eigenvalue weighted by Gasteiger charge is -2.10. The number of aromatic hydroxyl groups is 1. The Labute approximate surface area is 85.7 Å². The standard InChI is InChI=1S/C8H3BrF3NO/c9-6-2-4(3-13)1-5(7(6)14)8(10,11)12/h1-2,14H. The first-order chi connectivity index (χ1) is 6.36. The Balaban J connectivity index is 3.44. The Kier molecular flexibility index (Phi) is 2.71. The normalized spacial score (nSPS) is 11.1. The summed E-state index contributed by atoms with van der Waals surface area (Å²) >= 11 is 2.73. The van der Waals surface area contributed by atoms with Gasteiger partial charge in [0.05, 0.1) is 21.7 Å². The van der Waals surface area contributed by atoms with Crippen molar-refractivity contribution in [2.75, 3.05) is 0 Å². The highest BCUT2D eigenvalue weighted by Gasteiger charge is 2.35. The average Bonchev–Trinajstić information content (AvgIpc) is 2.07. The number of nitrogens with zero attached hydrogens (tertiary/aromatic N) is 1. The summed E-state index contributed by atoms with van der Waals surface area (Å²) in [5.41, 5.74) is -1.38. The van der Waals surface area contributed by atoms with E-state index >= 15 is 0 Å². The van der Waals surface area contributed by atoms with Crippen LogP contribution in [0.2, 0.25) is 0 Å². The minimum absolute atomic E-state index is 0.149. The monoisotopic (exact) mass is 265 g/mol. The van der Waals surface area contributed by atoms with Gasteiger partial charge >= 0.3 is 6.18 Å². The number of halogens is 4. The molecule has 0 spiro atoms. The van der Waals surface area contributed by atoms with E-state index in [-0.39, 0.29) is 10.0 Å². The van der Waals surface area contributed by atoms with Gasteiger partial charge in [0.1, 0.15) is 5.75 Å². The third-order valence-corrected chi connectivity index (χ3v) is 2.10. The highest BCUT2D eigenvalue weighted by atomic mass is 79.9. The van der Waals surface area contributed by atoms with Crippen molar-refractivity contribution >= 4 is 15.9 Å². The van der Waals surface area contributed by atoms with Gasteiger partial charge in [-0.3, -0.25) is 0 Å². The predicted octanol–water partition coefficient (Wildman–Crippen LogP) is 3.05. The highest BCUT2D eigenvalue weighted by molar-refractivity contribution is 9.10. The van der Waals surface area contributed by atoms with Crippen LogP contribution in [0.4, 0.5) is 13.2 Å². The van der Waals surface area contributed by atoms with Gasteiger partial charge in [-0.15, -0.1) is 0 Å². The van der Waals surface area contributed by atoms with Crippen molar-refractivity contribution in [3.8, 4) is 11.8 Å². The molecule has 0 saturated heterocycles. The summed E-state index contributed by atoms with van der Waals surface area (Å²) in [4.78, 5) is 0. The number of hydrogen-bond donors (Lipinski definition) is 1. The zero-order chi connectivity index (χ0) is 10.9. The van der Waals surface area contributed by atoms with Crippen molar-refractivity contribution in [3.63, 3.8) is 0 Å². The Bertz CT molecular complexity index is 408. The fourth-order valence-electron chi connectivity index (χ4n) is 0.880. The van der Waals surface area contributed by atoms with Gasteiger partial charge in [0.15, 0.2) is 0 Å². The Morgan fingerprint density at radius 1 is 1.36 bits per heavy atom. The molecular formula is C8H3BrF3NO. The van der Waals surface area contributed by atoms with Crippen LogP contribution in [0.15, 0.2) is 16.6 Å². The maximum absolute atomic E-state index is 12.3. The van der Waals surface area contributed by atoms with E-state index in [2.05, 4.69) is 15.9 Å². The molecule has 6 heteroatoms. The fraction of sp³-hybridized carbons (Fsp3) is 0.125. The molecule has 0 bridgehead atoms. The zero-order valence-electron chi connectivity index (χ0n) is 6.56. The SMILES string of the molecule is N#Cc1cc(Br)c(O)c(C(F)(F)F)c1. The smallest absolute Gasteiger partial charge is 0.420 e. The average molecular weight is 266 g/mol. The third-order valence-electron chi connectivity index (χ3n) is 1.50. The van der Waals surface area contributed by atoms with Gasteiger partial charge in [0, 0.05) is 0 Å². The number of alkyl halides is 3. The van der Waals surface area contributed by atoms with Crippen LogP contribution in [0.5, 0.6) is 5.75 Å². The van der Waals surface area contributed by atoms with E-state index in [1.807, 2.05) is 0 Å². The maximum atomic E-state index is 12.3. The molecular weight excluding hydrogens is 263 g/mol. The van der Waals surface area contributed by atoms with Crippen LogP contribution < -0.4 is 0 Å². The van der Waals surface area contributed by atoms with Gasteiger partial charge in [-0.2, -0.15) is 18.4 Å². The van der Waals surface area contributed by atoms with E-state index in [1.165, 1.54) is 0 Å².